The highest BCUT2D eigenvalue weighted by atomic mass is 79.9. The number of pyridine rings is 1. The smallest absolute Gasteiger partial charge is 0.339 e. The minimum Gasteiger partial charge on any atom is -0.465 e. The lowest BCUT2D eigenvalue weighted by Gasteiger charge is -2.05. The minimum atomic E-state index is -0.490. The van der Waals surface area contributed by atoms with Crippen molar-refractivity contribution in [2.75, 3.05) is 7.11 Å². The number of methoxy groups -OCH3 is 1. The Balaban J connectivity index is 0.000000304. The monoisotopic (exact) mass is 351 g/mol. The van der Waals surface area contributed by atoms with Crippen molar-refractivity contribution < 1.29 is 19.1 Å². The van der Waals surface area contributed by atoms with Crippen LogP contribution in [0.25, 0.3) is 0 Å². The predicted octanol–water partition coefficient (Wildman–Crippen LogP) is 3.24. The van der Waals surface area contributed by atoms with Crippen LogP contribution < -0.4 is 4.74 Å². The molecule has 0 N–H and O–H groups in total. The van der Waals surface area contributed by atoms with E-state index in [1.54, 1.807) is 24.5 Å². The molecule has 6 heteroatoms. The van der Waals surface area contributed by atoms with Gasteiger partial charge >= 0.3 is 11.9 Å². The molecule has 0 aliphatic rings. The normalized spacial score (nSPS) is 9.10. The van der Waals surface area contributed by atoms with Crippen molar-refractivity contribution in [3.63, 3.8) is 0 Å². The number of benzene rings is 1. The Morgan fingerprint density at radius 1 is 1.14 bits per heavy atom. The first-order valence-corrected chi connectivity index (χ1v) is 6.75. The van der Waals surface area contributed by atoms with E-state index < -0.39 is 11.9 Å². The summed E-state index contributed by atoms with van der Waals surface area (Å²) in [5.41, 5.74) is 0.316. The molecule has 21 heavy (non-hydrogen) atoms. The van der Waals surface area contributed by atoms with Gasteiger partial charge in [0.15, 0.2) is 0 Å². The molecule has 0 aliphatic carbocycles. The van der Waals surface area contributed by atoms with Gasteiger partial charge in [-0.15, -0.1) is 0 Å². The van der Waals surface area contributed by atoms with Crippen LogP contribution in [-0.4, -0.2) is 24.0 Å². The van der Waals surface area contributed by atoms with Crippen LogP contribution in [0.1, 0.15) is 17.3 Å². The van der Waals surface area contributed by atoms with E-state index in [-0.39, 0.29) is 0 Å². The summed E-state index contributed by atoms with van der Waals surface area (Å²) in [5.74, 6) is -0.616. The lowest BCUT2D eigenvalue weighted by Crippen LogP contribution is -2.05. The van der Waals surface area contributed by atoms with Crippen molar-refractivity contribution in [3.8, 4) is 5.75 Å². The maximum absolute atomic E-state index is 11.3. The molecule has 1 aromatic carbocycles. The fourth-order valence-electron chi connectivity index (χ4n) is 1.31. The van der Waals surface area contributed by atoms with Gasteiger partial charge in [0.1, 0.15) is 5.75 Å². The molecule has 110 valence electrons. The molecule has 1 aromatic heterocycles. The maximum Gasteiger partial charge on any atom is 0.339 e. The zero-order valence-corrected chi connectivity index (χ0v) is 13.2. The molecule has 0 bridgehead atoms. The summed E-state index contributed by atoms with van der Waals surface area (Å²) in [7, 11) is 1.28. The van der Waals surface area contributed by atoms with Crippen LogP contribution in [0.3, 0.4) is 0 Å². The van der Waals surface area contributed by atoms with Gasteiger partial charge in [0, 0.05) is 23.8 Å². The van der Waals surface area contributed by atoms with Gasteiger partial charge in [0.2, 0.25) is 0 Å². The summed E-state index contributed by atoms with van der Waals surface area (Å²) in [6.07, 6.45) is 3.50. The standard InChI is InChI=1S/C10H9BrO4.C5H5N/c1-6(12)15-7-3-4-9(11)8(5-7)10(13)14-2;1-2-4-6-5-3-1/h3-5H,1-2H3;1-5H. The second kappa shape index (κ2) is 8.86. The zero-order valence-electron chi connectivity index (χ0n) is 11.6. The Hall–Kier alpha value is -2.21. The van der Waals surface area contributed by atoms with Crippen LogP contribution >= 0.6 is 15.9 Å². The Kier molecular flexibility index (Phi) is 7.11. The number of nitrogens with zero attached hydrogens (tertiary/aromatic N) is 1. The fraction of sp³-hybridized carbons (Fsp3) is 0.133. The van der Waals surface area contributed by atoms with Crippen LogP contribution in [0.5, 0.6) is 5.75 Å². The van der Waals surface area contributed by atoms with Crippen molar-refractivity contribution in [1.29, 1.82) is 0 Å². The van der Waals surface area contributed by atoms with Crippen LogP contribution in [0, 0.1) is 0 Å². The summed E-state index contributed by atoms with van der Waals surface area (Å²) in [6.45, 7) is 1.29. The molecule has 0 aliphatic heterocycles. The number of hydrogen-bond acceptors (Lipinski definition) is 5. The van der Waals surface area contributed by atoms with Gasteiger partial charge in [-0.3, -0.25) is 9.78 Å². The Bertz CT molecular complexity index is 575. The van der Waals surface area contributed by atoms with E-state index in [0.717, 1.165) is 0 Å². The summed E-state index contributed by atoms with van der Waals surface area (Å²) >= 11 is 3.20. The molecule has 1 heterocycles. The average Bonchev–Trinajstić information content (AvgIpc) is 2.50. The van der Waals surface area contributed by atoms with Gasteiger partial charge < -0.3 is 9.47 Å². The summed E-state index contributed by atoms with van der Waals surface area (Å²) < 4.78 is 9.99. The Morgan fingerprint density at radius 2 is 1.81 bits per heavy atom. The quantitative estimate of drug-likeness (QED) is 0.613. The number of aromatic nitrogens is 1. The highest BCUT2D eigenvalue weighted by Gasteiger charge is 2.12. The molecule has 5 nitrogen and oxygen atoms in total. The van der Waals surface area contributed by atoms with E-state index in [9.17, 15) is 9.59 Å². The second-order valence-electron chi connectivity index (χ2n) is 3.75. The number of ether oxygens (including phenoxy) is 2. The van der Waals surface area contributed by atoms with E-state index in [1.807, 2.05) is 18.2 Å². The highest BCUT2D eigenvalue weighted by Crippen LogP contribution is 2.23. The SMILES string of the molecule is COC(=O)c1cc(OC(C)=O)ccc1Br.c1ccncc1. The predicted molar refractivity (Wildman–Crippen MR) is 81.0 cm³/mol. The molecule has 0 saturated heterocycles. The third kappa shape index (κ3) is 6.18. The number of carbonyl (C=O) groups excluding carboxylic acids is 2. The molecule has 2 aromatic rings. The summed E-state index contributed by atoms with van der Waals surface area (Å²) in [5, 5.41) is 0. The lowest BCUT2D eigenvalue weighted by atomic mass is 10.2. The van der Waals surface area contributed by atoms with Crippen molar-refractivity contribution in [2.24, 2.45) is 0 Å². The largest absolute Gasteiger partial charge is 0.465 e. The lowest BCUT2D eigenvalue weighted by molar-refractivity contribution is -0.131. The first kappa shape index (κ1) is 16.8. The summed E-state index contributed by atoms with van der Waals surface area (Å²) in [6, 6.07) is 10.4. The Labute approximate surface area is 131 Å². The minimum absolute atomic E-state index is 0.311. The van der Waals surface area contributed by atoms with Gasteiger partial charge in [0.05, 0.1) is 12.7 Å². The van der Waals surface area contributed by atoms with Crippen LogP contribution in [0.15, 0.2) is 53.3 Å². The summed E-state index contributed by atoms with van der Waals surface area (Å²) in [4.78, 5) is 25.8. The van der Waals surface area contributed by atoms with Crippen molar-refractivity contribution in [2.45, 2.75) is 6.92 Å². The van der Waals surface area contributed by atoms with Gasteiger partial charge in [-0.2, -0.15) is 0 Å². The van der Waals surface area contributed by atoms with Gasteiger partial charge in [0.25, 0.3) is 0 Å². The van der Waals surface area contributed by atoms with Crippen molar-refractivity contribution in [3.05, 3.63) is 58.8 Å². The number of halogens is 1. The molecule has 0 amide bonds. The van der Waals surface area contributed by atoms with E-state index in [2.05, 4.69) is 25.7 Å². The van der Waals surface area contributed by atoms with Crippen molar-refractivity contribution >= 4 is 27.9 Å². The molecule has 0 fully saturated rings. The molecule has 0 spiro atoms. The van der Waals surface area contributed by atoms with E-state index in [0.29, 0.717) is 15.8 Å². The third-order valence-corrected chi connectivity index (χ3v) is 2.86. The fourth-order valence-corrected chi connectivity index (χ4v) is 1.72. The number of esters is 2. The molecular formula is C15H14BrNO4. The second-order valence-corrected chi connectivity index (χ2v) is 4.61. The first-order valence-electron chi connectivity index (χ1n) is 5.96. The first-order chi connectivity index (χ1) is 10.0. The zero-order chi connectivity index (χ0) is 15.7. The van der Waals surface area contributed by atoms with Crippen LogP contribution in [-0.2, 0) is 9.53 Å². The van der Waals surface area contributed by atoms with E-state index >= 15 is 0 Å². The number of carbonyl (C=O) groups is 2. The van der Waals surface area contributed by atoms with E-state index in [1.165, 1.54) is 20.1 Å². The molecule has 0 radical (unpaired) electrons. The third-order valence-electron chi connectivity index (χ3n) is 2.17. The van der Waals surface area contributed by atoms with E-state index in [4.69, 9.17) is 4.74 Å². The van der Waals surface area contributed by atoms with Gasteiger partial charge in [-0.05, 0) is 46.3 Å². The molecule has 0 atom stereocenters. The molecule has 0 saturated carbocycles. The number of rotatable bonds is 2. The van der Waals surface area contributed by atoms with Gasteiger partial charge in [-0.25, -0.2) is 4.79 Å². The average molecular weight is 352 g/mol. The van der Waals surface area contributed by atoms with Crippen LogP contribution in [0.4, 0.5) is 0 Å². The van der Waals surface area contributed by atoms with Crippen LogP contribution in [0.2, 0.25) is 0 Å². The topological polar surface area (TPSA) is 65.5 Å². The molecule has 0 unspecified atom stereocenters. The molecule has 2 rings (SSSR count). The highest BCUT2D eigenvalue weighted by molar-refractivity contribution is 9.10. The maximum atomic E-state index is 11.3. The van der Waals surface area contributed by atoms with Crippen molar-refractivity contribution in [1.82, 2.24) is 4.98 Å². The Morgan fingerprint density at radius 3 is 2.24 bits per heavy atom. The molecular weight excluding hydrogens is 338 g/mol. The van der Waals surface area contributed by atoms with Gasteiger partial charge in [-0.1, -0.05) is 6.07 Å². The number of hydrogen-bond donors (Lipinski definition) is 0.